The van der Waals surface area contributed by atoms with Gasteiger partial charge in [0.1, 0.15) is 12.2 Å². The van der Waals surface area contributed by atoms with Crippen LogP contribution < -0.4 is 10.6 Å². The van der Waals surface area contributed by atoms with E-state index in [-0.39, 0.29) is 12.4 Å². The van der Waals surface area contributed by atoms with Gasteiger partial charge in [-0.05, 0) is 61.2 Å². The van der Waals surface area contributed by atoms with Gasteiger partial charge in [0, 0.05) is 16.9 Å². The first-order valence-electron chi connectivity index (χ1n) is 10.6. The minimum absolute atomic E-state index is 0.0354. The van der Waals surface area contributed by atoms with E-state index in [4.69, 9.17) is 9.84 Å². The molecule has 0 bridgehead atoms. The second kappa shape index (κ2) is 10.6. The Balaban J connectivity index is 1.48. The average molecular weight is 463 g/mol. The highest BCUT2D eigenvalue weighted by molar-refractivity contribution is 6.01. The van der Waals surface area contributed by atoms with Crippen LogP contribution in [0.4, 0.5) is 21.0 Å². The number of aliphatic hydroxyl groups is 1. The molecule has 2 amide bonds. The zero-order valence-electron chi connectivity index (χ0n) is 18.9. The topological polar surface area (TPSA) is 125 Å². The molecule has 3 aromatic carbocycles. The lowest BCUT2D eigenvalue weighted by molar-refractivity contribution is 0.0488. The summed E-state index contributed by atoms with van der Waals surface area (Å²) in [7, 11) is 0. The first kappa shape index (κ1) is 24.5. The second-order valence-corrected chi connectivity index (χ2v) is 8.29. The molecule has 8 nitrogen and oxygen atoms in total. The fourth-order valence-electron chi connectivity index (χ4n) is 3.18. The summed E-state index contributed by atoms with van der Waals surface area (Å²) < 4.78 is 5.23. The van der Waals surface area contributed by atoms with Crippen molar-refractivity contribution in [1.29, 1.82) is 0 Å². The molecule has 0 saturated carbocycles. The van der Waals surface area contributed by atoms with Crippen LogP contribution in [0.15, 0.2) is 72.8 Å². The monoisotopic (exact) mass is 462 g/mol. The lowest BCUT2D eigenvalue weighted by Gasteiger charge is -2.15. The summed E-state index contributed by atoms with van der Waals surface area (Å²) >= 11 is 0. The molecule has 0 aliphatic rings. The number of Topliss-reactive ketones (excluding diaryl/α,β-unsaturated/α-hetero) is 1. The van der Waals surface area contributed by atoms with E-state index in [0.717, 1.165) is 11.1 Å². The van der Waals surface area contributed by atoms with Crippen LogP contribution in [0.1, 0.15) is 40.9 Å². The van der Waals surface area contributed by atoms with Gasteiger partial charge in [0.05, 0.1) is 0 Å². The molecule has 3 rings (SSSR count). The Bertz CT molecular complexity index is 1150. The number of ketones is 1. The van der Waals surface area contributed by atoms with Crippen LogP contribution in [0.3, 0.4) is 0 Å². The molecule has 0 atom stereocenters. The molecule has 34 heavy (non-hydrogen) atoms. The Morgan fingerprint density at radius 3 is 1.71 bits per heavy atom. The van der Waals surface area contributed by atoms with Crippen molar-refractivity contribution < 1.29 is 29.3 Å². The van der Waals surface area contributed by atoms with Crippen molar-refractivity contribution in [2.45, 2.75) is 32.5 Å². The van der Waals surface area contributed by atoms with E-state index in [0.29, 0.717) is 28.9 Å². The van der Waals surface area contributed by atoms with Crippen LogP contribution in [0.5, 0.6) is 0 Å². The normalized spacial score (nSPS) is 10.9. The van der Waals surface area contributed by atoms with E-state index in [1.54, 1.807) is 48.5 Å². The summed E-state index contributed by atoms with van der Waals surface area (Å²) in [5.41, 5.74) is 2.78. The third-order valence-corrected chi connectivity index (χ3v) is 4.96. The zero-order valence-corrected chi connectivity index (χ0v) is 18.9. The molecule has 0 heterocycles. The maximum atomic E-state index is 12.1. The molecule has 0 fully saturated rings. The smallest absolute Gasteiger partial charge is 0.411 e. The van der Waals surface area contributed by atoms with E-state index >= 15 is 0 Å². The van der Waals surface area contributed by atoms with E-state index in [1.165, 1.54) is 13.8 Å². The summed E-state index contributed by atoms with van der Waals surface area (Å²) in [4.78, 5) is 34.8. The molecule has 176 valence electrons. The predicted octanol–water partition coefficient (Wildman–Crippen LogP) is 5.07. The molecule has 0 unspecified atom stereocenters. The van der Waals surface area contributed by atoms with Gasteiger partial charge < -0.3 is 14.9 Å². The number of benzene rings is 3. The van der Waals surface area contributed by atoms with E-state index in [2.05, 4.69) is 10.6 Å². The van der Waals surface area contributed by atoms with E-state index in [9.17, 15) is 19.5 Å². The van der Waals surface area contributed by atoms with Crippen molar-refractivity contribution in [3.63, 3.8) is 0 Å². The van der Waals surface area contributed by atoms with Crippen LogP contribution in [0.2, 0.25) is 0 Å². The number of hydrogen-bond acceptors (Lipinski definition) is 5. The van der Waals surface area contributed by atoms with Gasteiger partial charge in [-0.3, -0.25) is 15.4 Å². The lowest BCUT2D eigenvalue weighted by atomic mass is 9.96. The van der Waals surface area contributed by atoms with Gasteiger partial charge in [0.15, 0.2) is 5.78 Å². The first-order valence-corrected chi connectivity index (χ1v) is 10.6. The van der Waals surface area contributed by atoms with Crippen LogP contribution in [0, 0.1) is 0 Å². The highest BCUT2D eigenvalue weighted by atomic mass is 16.5. The summed E-state index contributed by atoms with van der Waals surface area (Å²) in [6.07, 6.45) is -1.05. The third kappa shape index (κ3) is 7.18. The fourth-order valence-corrected chi connectivity index (χ4v) is 3.18. The van der Waals surface area contributed by atoms with Gasteiger partial charge in [0.2, 0.25) is 0 Å². The third-order valence-electron chi connectivity index (χ3n) is 4.96. The maximum Gasteiger partial charge on any atom is 0.411 e. The van der Waals surface area contributed by atoms with Gasteiger partial charge in [0.25, 0.3) is 0 Å². The fraction of sp³-hybridized carbons (Fsp3) is 0.192. The van der Waals surface area contributed by atoms with Crippen molar-refractivity contribution in [3.8, 4) is 0 Å². The van der Waals surface area contributed by atoms with Gasteiger partial charge in [-0.25, -0.2) is 9.59 Å². The second-order valence-electron chi connectivity index (χ2n) is 8.29. The summed E-state index contributed by atoms with van der Waals surface area (Å²) in [5, 5.41) is 23.5. The van der Waals surface area contributed by atoms with Crippen LogP contribution >= 0.6 is 0 Å². The molecule has 0 aliphatic heterocycles. The molecule has 4 N–H and O–H groups in total. The number of carboxylic acid groups (broad SMARTS) is 1. The van der Waals surface area contributed by atoms with Crippen molar-refractivity contribution in [2.24, 2.45) is 0 Å². The molecular weight excluding hydrogens is 436 g/mol. The molecule has 0 saturated heterocycles. The Kier molecular flexibility index (Phi) is 7.65. The SMILES string of the molecule is CC(C)(O)C(=O)c1ccc(COC(=O)Nc2ccc(Cc3ccc(NC(=O)O)cc3)cc2)cc1. The van der Waals surface area contributed by atoms with Gasteiger partial charge in [-0.1, -0.05) is 48.5 Å². The average Bonchev–Trinajstić information content (AvgIpc) is 2.79. The standard InChI is InChI=1S/C26H26N2O6/c1-26(2,33)23(29)20-9-3-19(4-10-20)16-34-25(32)28-22-13-7-18(8-14-22)15-17-5-11-21(12-6-17)27-24(30)31/h3-14,27,33H,15-16H2,1-2H3,(H,28,32)(H,30,31). The first-order chi connectivity index (χ1) is 16.1. The lowest BCUT2D eigenvalue weighted by Crippen LogP contribution is -2.31. The highest BCUT2D eigenvalue weighted by Crippen LogP contribution is 2.17. The molecule has 0 aliphatic carbocycles. The van der Waals surface area contributed by atoms with E-state index in [1.807, 2.05) is 24.3 Å². The minimum Gasteiger partial charge on any atom is -0.465 e. The number of carbonyl (C=O) groups excluding carboxylic acids is 2. The number of carbonyl (C=O) groups is 3. The number of hydrogen-bond donors (Lipinski definition) is 4. The van der Waals surface area contributed by atoms with Gasteiger partial charge in [-0.15, -0.1) is 0 Å². The van der Waals surface area contributed by atoms with Gasteiger partial charge >= 0.3 is 12.2 Å². The number of nitrogens with one attached hydrogen (secondary N) is 2. The molecule has 8 heteroatoms. The number of anilines is 2. The zero-order chi connectivity index (χ0) is 24.7. The van der Waals surface area contributed by atoms with Crippen molar-refractivity contribution in [3.05, 3.63) is 95.1 Å². The highest BCUT2D eigenvalue weighted by Gasteiger charge is 2.24. The number of rotatable bonds is 8. The molecule has 0 radical (unpaired) electrons. The minimum atomic E-state index is -1.45. The van der Waals surface area contributed by atoms with Crippen molar-refractivity contribution >= 4 is 29.3 Å². The Labute approximate surface area is 197 Å². The Morgan fingerprint density at radius 1 is 0.765 bits per heavy atom. The predicted molar refractivity (Wildman–Crippen MR) is 128 cm³/mol. The Hall–Kier alpha value is -4.17. The quantitative estimate of drug-likeness (QED) is 0.347. The number of amides is 2. The van der Waals surface area contributed by atoms with Gasteiger partial charge in [-0.2, -0.15) is 0 Å². The summed E-state index contributed by atoms with van der Waals surface area (Å²) in [5.74, 6) is -0.381. The van der Waals surface area contributed by atoms with E-state index < -0.39 is 17.8 Å². The number of ether oxygens (including phenoxy) is 1. The molecule has 0 aromatic heterocycles. The molecular formula is C26H26N2O6. The largest absolute Gasteiger partial charge is 0.465 e. The van der Waals surface area contributed by atoms with Crippen LogP contribution in [-0.2, 0) is 17.8 Å². The molecule has 0 spiro atoms. The van der Waals surface area contributed by atoms with Crippen LogP contribution in [-0.4, -0.2) is 33.8 Å². The van der Waals surface area contributed by atoms with Crippen molar-refractivity contribution in [2.75, 3.05) is 10.6 Å². The summed E-state index contributed by atoms with van der Waals surface area (Å²) in [6, 6.07) is 20.9. The summed E-state index contributed by atoms with van der Waals surface area (Å²) in [6.45, 7) is 2.90. The van der Waals surface area contributed by atoms with Crippen LogP contribution in [0.25, 0.3) is 0 Å². The maximum absolute atomic E-state index is 12.1. The van der Waals surface area contributed by atoms with Crippen molar-refractivity contribution in [1.82, 2.24) is 0 Å². The molecule has 3 aromatic rings. The Morgan fingerprint density at radius 2 is 1.24 bits per heavy atom.